The van der Waals surface area contributed by atoms with Crippen LogP contribution in [0.2, 0.25) is 0 Å². The summed E-state index contributed by atoms with van der Waals surface area (Å²) in [6, 6.07) is 11.8. The molecule has 0 aliphatic rings. The minimum atomic E-state index is -0.480. The van der Waals surface area contributed by atoms with Crippen LogP contribution >= 0.6 is 0 Å². The van der Waals surface area contributed by atoms with Gasteiger partial charge in [0, 0.05) is 5.69 Å². The lowest BCUT2D eigenvalue weighted by molar-refractivity contribution is 0.102. The van der Waals surface area contributed by atoms with Gasteiger partial charge >= 0.3 is 0 Å². The minimum Gasteiger partial charge on any atom is -0.496 e. The van der Waals surface area contributed by atoms with E-state index in [0.29, 0.717) is 17.1 Å². The van der Waals surface area contributed by atoms with Crippen LogP contribution < -0.4 is 15.6 Å². The van der Waals surface area contributed by atoms with Crippen LogP contribution in [0, 0.1) is 6.92 Å². The van der Waals surface area contributed by atoms with Gasteiger partial charge in [-0.15, -0.1) is 0 Å². The van der Waals surface area contributed by atoms with Gasteiger partial charge in [-0.2, -0.15) is 0 Å². The minimum absolute atomic E-state index is 0.0266. The Morgan fingerprint density at radius 2 is 2.04 bits per heavy atom. The highest BCUT2D eigenvalue weighted by Gasteiger charge is 2.13. The maximum absolute atomic E-state index is 12.3. The van der Waals surface area contributed by atoms with E-state index in [1.807, 2.05) is 6.92 Å². The Morgan fingerprint density at radius 1 is 1.21 bits per heavy atom. The van der Waals surface area contributed by atoms with E-state index < -0.39 is 11.5 Å². The van der Waals surface area contributed by atoms with Crippen LogP contribution in [0.25, 0.3) is 11.5 Å². The number of amides is 1. The molecule has 6 nitrogen and oxygen atoms in total. The quantitative estimate of drug-likeness (QED) is 0.772. The van der Waals surface area contributed by atoms with Crippen molar-refractivity contribution in [2.24, 2.45) is 0 Å². The van der Waals surface area contributed by atoms with E-state index >= 15 is 0 Å². The molecule has 6 heteroatoms. The zero-order chi connectivity index (χ0) is 17.1. The molecular formula is C18H16N2O4. The van der Waals surface area contributed by atoms with Gasteiger partial charge in [0.2, 0.25) is 0 Å². The number of carbonyl (C=O) groups excluding carboxylic acids is 1. The van der Waals surface area contributed by atoms with Gasteiger partial charge in [-0.3, -0.25) is 9.59 Å². The zero-order valence-electron chi connectivity index (χ0n) is 13.3. The van der Waals surface area contributed by atoms with Crippen molar-refractivity contribution in [2.75, 3.05) is 12.4 Å². The predicted octanol–water partition coefficient (Wildman–Crippen LogP) is 3.20. The molecule has 0 radical (unpaired) electrons. The number of anilines is 1. The zero-order valence-corrected chi connectivity index (χ0v) is 13.3. The molecule has 24 heavy (non-hydrogen) atoms. The highest BCUT2D eigenvalue weighted by atomic mass is 16.5. The molecule has 0 saturated heterocycles. The molecule has 122 valence electrons. The predicted molar refractivity (Wildman–Crippen MR) is 90.4 cm³/mol. The summed E-state index contributed by atoms with van der Waals surface area (Å²) in [7, 11) is 1.58. The van der Waals surface area contributed by atoms with E-state index in [4.69, 9.17) is 9.15 Å². The second kappa shape index (κ2) is 6.45. The van der Waals surface area contributed by atoms with Gasteiger partial charge in [-0.25, -0.2) is 0 Å². The molecule has 2 N–H and O–H groups in total. The number of ether oxygens (including phenoxy) is 1. The molecule has 0 fully saturated rings. The molecule has 0 aliphatic carbocycles. The fourth-order valence-electron chi connectivity index (χ4n) is 2.38. The van der Waals surface area contributed by atoms with E-state index in [0.717, 1.165) is 11.3 Å². The van der Waals surface area contributed by atoms with Crippen LogP contribution in [0.5, 0.6) is 5.75 Å². The number of furan rings is 1. The lowest BCUT2D eigenvalue weighted by atomic mass is 10.1. The number of aryl methyl sites for hydroxylation is 1. The Labute approximate surface area is 138 Å². The summed E-state index contributed by atoms with van der Waals surface area (Å²) < 4.78 is 10.4. The van der Waals surface area contributed by atoms with Crippen molar-refractivity contribution >= 4 is 11.6 Å². The Bertz CT molecular complexity index is 926. The van der Waals surface area contributed by atoms with Crippen LogP contribution in [0.15, 0.2) is 57.9 Å². The first-order chi connectivity index (χ1) is 11.6. The third-order valence-corrected chi connectivity index (χ3v) is 3.59. The molecule has 1 aromatic carbocycles. The summed E-state index contributed by atoms with van der Waals surface area (Å²) in [5.74, 6) is 0.783. The molecular weight excluding hydrogens is 308 g/mol. The average molecular weight is 324 g/mol. The Kier molecular flexibility index (Phi) is 4.20. The maximum atomic E-state index is 12.3. The molecule has 1 amide bonds. The van der Waals surface area contributed by atoms with Gasteiger partial charge in [0.15, 0.2) is 0 Å². The van der Waals surface area contributed by atoms with Crippen molar-refractivity contribution in [3.8, 4) is 17.2 Å². The number of hydrogen-bond acceptors (Lipinski definition) is 4. The first-order valence-corrected chi connectivity index (χ1v) is 7.31. The Hall–Kier alpha value is -3.28. The number of nitrogens with one attached hydrogen (secondary N) is 2. The van der Waals surface area contributed by atoms with Crippen molar-refractivity contribution in [3.63, 3.8) is 0 Å². The maximum Gasteiger partial charge on any atom is 0.261 e. The van der Waals surface area contributed by atoms with Gasteiger partial charge in [0.1, 0.15) is 17.1 Å². The number of methoxy groups -OCH3 is 1. The molecule has 0 unspecified atom stereocenters. The van der Waals surface area contributed by atoms with Crippen LogP contribution in [0.1, 0.15) is 15.9 Å². The number of hydrogen-bond donors (Lipinski definition) is 2. The second-order valence-corrected chi connectivity index (χ2v) is 5.23. The topological polar surface area (TPSA) is 84.3 Å². The lowest BCUT2D eigenvalue weighted by Gasteiger charge is -2.09. The van der Waals surface area contributed by atoms with Gasteiger partial charge < -0.3 is 19.5 Å². The molecule has 0 saturated carbocycles. The normalized spacial score (nSPS) is 10.4. The third kappa shape index (κ3) is 3.08. The van der Waals surface area contributed by atoms with Crippen molar-refractivity contribution in [2.45, 2.75) is 6.92 Å². The number of aromatic nitrogens is 1. The van der Waals surface area contributed by atoms with Gasteiger partial charge in [0.25, 0.3) is 11.5 Å². The monoisotopic (exact) mass is 324 g/mol. The van der Waals surface area contributed by atoms with Crippen LogP contribution in [-0.2, 0) is 0 Å². The number of pyridine rings is 1. The smallest absolute Gasteiger partial charge is 0.261 e. The fraction of sp³-hybridized carbons (Fsp3) is 0.111. The summed E-state index contributed by atoms with van der Waals surface area (Å²) >= 11 is 0. The standard InChI is InChI=1S/C18H16N2O4/c1-11-10-12(5-8-15(11)23-2)19-17(21)13-6-7-14(20-18(13)22)16-4-3-9-24-16/h3-10H,1-2H3,(H,19,21)(H,20,22). The summed E-state index contributed by atoms with van der Waals surface area (Å²) in [6.45, 7) is 1.87. The summed E-state index contributed by atoms with van der Waals surface area (Å²) in [4.78, 5) is 27.1. The van der Waals surface area contributed by atoms with Gasteiger partial charge in [-0.05, 0) is 55.0 Å². The molecule has 2 heterocycles. The summed E-state index contributed by atoms with van der Waals surface area (Å²) in [6.07, 6.45) is 1.51. The number of carbonyl (C=O) groups is 1. The second-order valence-electron chi connectivity index (χ2n) is 5.23. The highest BCUT2D eigenvalue weighted by molar-refractivity contribution is 6.04. The van der Waals surface area contributed by atoms with Crippen molar-refractivity contribution in [1.82, 2.24) is 4.98 Å². The molecule has 0 spiro atoms. The highest BCUT2D eigenvalue weighted by Crippen LogP contribution is 2.22. The fourth-order valence-corrected chi connectivity index (χ4v) is 2.38. The average Bonchev–Trinajstić information content (AvgIpc) is 3.09. The molecule has 0 bridgehead atoms. The van der Waals surface area contributed by atoms with E-state index in [1.165, 1.54) is 12.3 Å². The van der Waals surface area contributed by atoms with Gasteiger partial charge in [-0.1, -0.05) is 0 Å². The van der Waals surface area contributed by atoms with E-state index in [2.05, 4.69) is 10.3 Å². The SMILES string of the molecule is COc1ccc(NC(=O)c2ccc(-c3ccco3)[nH]c2=O)cc1C. The molecule has 2 aromatic heterocycles. The number of aromatic amines is 1. The number of H-pyrrole nitrogens is 1. The molecule has 0 atom stereocenters. The molecule has 3 rings (SSSR count). The Balaban J connectivity index is 1.83. The summed E-state index contributed by atoms with van der Waals surface area (Å²) in [5.41, 5.74) is 1.54. The molecule has 3 aromatic rings. The lowest BCUT2D eigenvalue weighted by Crippen LogP contribution is -2.23. The Morgan fingerprint density at radius 3 is 2.67 bits per heavy atom. The largest absolute Gasteiger partial charge is 0.496 e. The summed E-state index contributed by atoms with van der Waals surface area (Å²) in [5, 5.41) is 2.71. The first-order valence-electron chi connectivity index (χ1n) is 7.31. The number of rotatable bonds is 4. The van der Waals surface area contributed by atoms with Crippen LogP contribution in [-0.4, -0.2) is 18.0 Å². The first kappa shape index (κ1) is 15.6. The van der Waals surface area contributed by atoms with E-state index in [9.17, 15) is 9.59 Å². The van der Waals surface area contributed by atoms with Crippen molar-refractivity contribution in [1.29, 1.82) is 0 Å². The number of benzene rings is 1. The van der Waals surface area contributed by atoms with Gasteiger partial charge in [0.05, 0.1) is 19.1 Å². The third-order valence-electron chi connectivity index (χ3n) is 3.59. The van der Waals surface area contributed by atoms with E-state index in [-0.39, 0.29) is 5.56 Å². The van der Waals surface area contributed by atoms with Crippen LogP contribution in [0.4, 0.5) is 5.69 Å². The van der Waals surface area contributed by atoms with Crippen molar-refractivity contribution < 1.29 is 13.9 Å². The van der Waals surface area contributed by atoms with Crippen molar-refractivity contribution in [3.05, 3.63) is 70.2 Å². The van der Waals surface area contributed by atoms with Crippen LogP contribution in [0.3, 0.4) is 0 Å². The van der Waals surface area contributed by atoms with E-state index in [1.54, 1.807) is 43.5 Å². The molecule has 0 aliphatic heterocycles.